The summed E-state index contributed by atoms with van der Waals surface area (Å²) < 4.78 is 5.41. The molecule has 0 radical (unpaired) electrons. The molecule has 1 unspecified atom stereocenters. The highest BCUT2D eigenvalue weighted by Crippen LogP contribution is 2.32. The molecule has 0 aliphatic carbocycles. The summed E-state index contributed by atoms with van der Waals surface area (Å²) in [6, 6.07) is 8.14. The molecule has 1 saturated heterocycles. The number of amides is 1. The Hall–Kier alpha value is -2.17. The fraction of sp³-hybridized carbons (Fsp3) is 0.500. The van der Waals surface area contributed by atoms with Crippen molar-refractivity contribution in [2.75, 3.05) is 11.4 Å². The molecule has 1 amide bonds. The highest BCUT2D eigenvalue weighted by atomic mass is 16.5. The second kappa shape index (κ2) is 5.80. The molecule has 2 aromatic rings. The second-order valence-corrected chi connectivity index (χ2v) is 7.14. The number of carbonyl (C=O) groups excluding carboxylic acids is 1. The van der Waals surface area contributed by atoms with E-state index in [1.807, 2.05) is 37.8 Å². The van der Waals surface area contributed by atoms with Gasteiger partial charge in [0.25, 0.3) is 0 Å². The molecule has 1 atom stereocenters. The maximum atomic E-state index is 12.4. The predicted octanol–water partition coefficient (Wildman–Crippen LogP) is 3.45. The fourth-order valence-corrected chi connectivity index (χ4v) is 2.77. The van der Waals surface area contributed by atoms with Gasteiger partial charge in [0.1, 0.15) is 0 Å². The smallest absolute Gasteiger partial charge is 0.232 e. The number of nitrogens with zero attached hydrogens (tertiary/aromatic N) is 3. The van der Waals surface area contributed by atoms with Crippen LogP contribution < -0.4 is 4.90 Å². The summed E-state index contributed by atoms with van der Waals surface area (Å²) in [5.74, 6) is 1.33. The first kappa shape index (κ1) is 15.7. The number of benzene rings is 1. The van der Waals surface area contributed by atoms with Crippen LogP contribution in [-0.4, -0.2) is 22.6 Å². The summed E-state index contributed by atoms with van der Waals surface area (Å²) in [6.07, 6.45) is 1.38. The van der Waals surface area contributed by atoms with Crippen LogP contribution in [0.25, 0.3) is 0 Å². The minimum absolute atomic E-state index is 0.0311. The van der Waals surface area contributed by atoms with E-state index in [4.69, 9.17) is 4.52 Å². The van der Waals surface area contributed by atoms with Crippen molar-refractivity contribution in [3.05, 3.63) is 41.5 Å². The van der Waals surface area contributed by atoms with Gasteiger partial charge >= 0.3 is 0 Å². The molecule has 5 nitrogen and oxygen atoms in total. The van der Waals surface area contributed by atoms with Crippen LogP contribution in [0.4, 0.5) is 5.69 Å². The van der Waals surface area contributed by atoms with E-state index in [-0.39, 0.29) is 17.2 Å². The van der Waals surface area contributed by atoms with Crippen molar-refractivity contribution in [1.29, 1.82) is 0 Å². The van der Waals surface area contributed by atoms with E-state index in [1.165, 1.54) is 5.56 Å². The number of hydrogen-bond donors (Lipinski definition) is 0. The molecule has 1 aliphatic rings. The van der Waals surface area contributed by atoms with Crippen molar-refractivity contribution in [1.82, 2.24) is 10.1 Å². The molecule has 0 saturated carbocycles. The Bertz CT molecular complexity index is 715. The zero-order valence-corrected chi connectivity index (χ0v) is 14.2. The van der Waals surface area contributed by atoms with Gasteiger partial charge < -0.3 is 9.42 Å². The van der Waals surface area contributed by atoms with E-state index < -0.39 is 0 Å². The van der Waals surface area contributed by atoms with E-state index in [1.54, 1.807) is 0 Å². The van der Waals surface area contributed by atoms with Gasteiger partial charge in [0.05, 0.1) is 5.92 Å². The summed E-state index contributed by atoms with van der Waals surface area (Å²) in [5.41, 5.74) is 2.03. The maximum Gasteiger partial charge on any atom is 0.232 e. The topological polar surface area (TPSA) is 59.2 Å². The summed E-state index contributed by atoms with van der Waals surface area (Å²) in [5, 5.41) is 4.07. The highest BCUT2D eigenvalue weighted by molar-refractivity contribution is 5.96. The molecule has 2 heterocycles. The van der Waals surface area contributed by atoms with Crippen molar-refractivity contribution < 1.29 is 9.32 Å². The van der Waals surface area contributed by atoms with E-state index >= 15 is 0 Å². The Balaban J connectivity index is 1.81. The van der Waals surface area contributed by atoms with Crippen LogP contribution in [0, 0.1) is 0 Å². The predicted molar refractivity (Wildman–Crippen MR) is 88.5 cm³/mol. The lowest BCUT2D eigenvalue weighted by Crippen LogP contribution is -2.24. The second-order valence-electron chi connectivity index (χ2n) is 7.14. The molecule has 5 heteroatoms. The first-order valence-electron chi connectivity index (χ1n) is 8.12. The van der Waals surface area contributed by atoms with Crippen LogP contribution >= 0.6 is 0 Å². The third-order valence-corrected chi connectivity index (χ3v) is 4.22. The summed E-state index contributed by atoms with van der Waals surface area (Å²) in [7, 11) is 0. The van der Waals surface area contributed by atoms with Crippen LogP contribution in [0.5, 0.6) is 0 Å². The molecule has 122 valence electrons. The number of carbonyl (C=O) groups is 1. The molecule has 3 rings (SSSR count). The van der Waals surface area contributed by atoms with Gasteiger partial charge in [-0.25, -0.2) is 0 Å². The van der Waals surface area contributed by atoms with Crippen molar-refractivity contribution in [2.24, 2.45) is 0 Å². The van der Waals surface area contributed by atoms with Gasteiger partial charge in [-0.05, 0) is 24.1 Å². The largest absolute Gasteiger partial charge is 0.339 e. The lowest BCUT2D eigenvalue weighted by Gasteiger charge is -2.17. The molecular weight excluding hydrogens is 290 g/mol. The van der Waals surface area contributed by atoms with Gasteiger partial charge in [-0.1, -0.05) is 45.0 Å². The number of anilines is 1. The molecule has 0 N–H and O–H groups in total. The third-order valence-electron chi connectivity index (χ3n) is 4.22. The molecule has 0 bridgehead atoms. The highest BCUT2D eigenvalue weighted by Gasteiger charge is 2.36. The summed E-state index contributed by atoms with van der Waals surface area (Å²) >= 11 is 0. The Morgan fingerprint density at radius 3 is 2.78 bits per heavy atom. The quantitative estimate of drug-likeness (QED) is 0.871. The van der Waals surface area contributed by atoms with Gasteiger partial charge in [0, 0.05) is 24.1 Å². The summed E-state index contributed by atoms with van der Waals surface area (Å²) in [4.78, 5) is 18.7. The van der Waals surface area contributed by atoms with Crippen molar-refractivity contribution in [3.8, 4) is 0 Å². The first-order chi connectivity index (χ1) is 10.9. The van der Waals surface area contributed by atoms with Crippen LogP contribution in [0.15, 0.2) is 28.8 Å². The molecule has 23 heavy (non-hydrogen) atoms. The molecular formula is C18H23N3O2. The van der Waals surface area contributed by atoms with Crippen LogP contribution in [0.2, 0.25) is 0 Å². The lowest BCUT2D eigenvalue weighted by atomic mass is 9.96. The number of aromatic nitrogens is 2. The zero-order chi connectivity index (χ0) is 16.6. The van der Waals surface area contributed by atoms with Crippen molar-refractivity contribution >= 4 is 11.6 Å². The molecule has 0 spiro atoms. The first-order valence-corrected chi connectivity index (χ1v) is 8.12. The Kier molecular flexibility index (Phi) is 3.96. The average Bonchev–Trinajstić information content (AvgIpc) is 3.13. The number of rotatable bonds is 3. The van der Waals surface area contributed by atoms with Gasteiger partial charge in [-0.3, -0.25) is 4.79 Å². The average molecular weight is 313 g/mol. The molecule has 1 fully saturated rings. The zero-order valence-electron chi connectivity index (χ0n) is 14.2. The fourth-order valence-electron chi connectivity index (χ4n) is 2.77. The summed E-state index contributed by atoms with van der Waals surface area (Å²) in [6.45, 7) is 8.84. The van der Waals surface area contributed by atoms with Crippen molar-refractivity contribution in [3.63, 3.8) is 0 Å². The maximum absolute atomic E-state index is 12.4. The van der Waals surface area contributed by atoms with Gasteiger partial charge in [-0.15, -0.1) is 0 Å². The number of hydrogen-bond acceptors (Lipinski definition) is 4. The lowest BCUT2D eigenvalue weighted by molar-refractivity contribution is -0.117. The van der Waals surface area contributed by atoms with Gasteiger partial charge in [0.2, 0.25) is 11.8 Å². The normalized spacial score (nSPS) is 18.7. The number of aryl methyl sites for hydroxylation is 1. The standard InChI is InChI=1S/C18H23N3O2/c1-5-12-7-6-8-14(9-12)21-11-13(10-15(21)22)16-19-17(20-23-16)18(2,3)4/h6-9,13H,5,10-11H2,1-4H3. The molecule has 1 aromatic carbocycles. The Labute approximate surface area is 136 Å². The van der Waals surface area contributed by atoms with E-state index in [2.05, 4.69) is 29.2 Å². The van der Waals surface area contributed by atoms with Gasteiger partial charge in [0.15, 0.2) is 5.82 Å². The van der Waals surface area contributed by atoms with Crippen LogP contribution in [0.3, 0.4) is 0 Å². The minimum Gasteiger partial charge on any atom is -0.339 e. The molecule has 1 aromatic heterocycles. The molecule has 1 aliphatic heterocycles. The van der Waals surface area contributed by atoms with Crippen LogP contribution in [0.1, 0.15) is 57.3 Å². The third kappa shape index (κ3) is 3.14. The van der Waals surface area contributed by atoms with Crippen LogP contribution in [-0.2, 0) is 16.6 Å². The Morgan fingerprint density at radius 2 is 2.13 bits per heavy atom. The van der Waals surface area contributed by atoms with E-state index in [0.29, 0.717) is 24.7 Å². The van der Waals surface area contributed by atoms with E-state index in [0.717, 1.165) is 12.1 Å². The SMILES string of the molecule is CCc1cccc(N2CC(c3nc(C(C)(C)C)no3)CC2=O)c1. The van der Waals surface area contributed by atoms with E-state index in [9.17, 15) is 4.79 Å². The monoisotopic (exact) mass is 313 g/mol. The minimum atomic E-state index is -0.153. The van der Waals surface area contributed by atoms with Gasteiger partial charge in [-0.2, -0.15) is 4.98 Å². The Morgan fingerprint density at radius 1 is 1.35 bits per heavy atom. The van der Waals surface area contributed by atoms with Crippen molar-refractivity contribution in [2.45, 2.75) is 51.9 Å².